The molecular formula is C23H27N3O6. The van der Waals surface area contributed by atoms with E-state index in [4.69, 9.17) is 9.47 Å². The van der Waals surface area contributed by atoms with E-state index in [-0.39, 0.29) is 29.0 Å². The summed E-state index contributed by atoms with van der Waals surface area (Å²) >= 11 is 0. The van der Waals surface area contributed by atoms with E-state index in [0.717, 1.165) is 0 Å². The first-order valence-electron chi connectivity index (χ1n) is 10.4. The molecule has 1 saturated heterocycles. The lowest BCUT2D eigenvalue weighted by Crippen LogP contribution is -2.47. The van der Waals surface area contributed by atoms with Gasteiger partial charge in [-0.1, -0.05) is 0 Å². The molecule has 1 aliphatic heterocycles. The molecule has 0 bridgehead atoms. The van der Waals surface area contributed by atoms with Gasteiger partial charge < -0.3 is 14.8 Å². The van der Waals surface area contributed by atoms with E-state index >= 15 is 0 Å². The highest BCUT2D eigenvalue weighted by Crippen LogP contribution is 2.30. The minimum absolute atomic E-state index is 0.0910. The smallest absolute Gasteiger partial charge is 0.271 e. The van der Waals surface area contributed by atoms with Crippen LogP contribution in [0, 0.1) is 16.0 Å². The average molecular weight is 441 g/mol. The van der Waals surface area contributed by atoms with Crippen molar-refractivity contribution < 1.29 is 24.0 Å². The zero-order valence-corrected chi connectivity index (χ0v) is 18.4. The third kappa shape index (κ3) is 5.23. The van der Waals surface area contributed by atoms with Crippen LogP contribution in [0.1, 0.15) is 30.1 Å². The van der Waals surface area contributed by atoms with Gasteiger partial charge in [0.15, 0.2) is 5.78 Å². The van der Waals surface area contributed by atoms with Gasteiger partial charge in [0.25, 0.3) is 5.69 Å². The van der Waals surface area contributed by atoms with Crippen molar-refractivity contribution >= 4 is 23.1 Å². The molecule has 9 nitrogen and oxygen atoms in total. The molecule has 1 amide bonds. The maximum absolute atomic E-state index is 12.8. The molecule has 0 aliphatic carbocycles. The zero-order valence-electron chi connectivity index (χ0n) is 18.4. The summed E-state index contributed by atoms with van der Waals surface area (Å²) in [6, 6.07) is 10.7. The van der Waals surface area contributed by atoms with Gasteiger partial charge in [0.2, 0.25) is 5.91 Å². The molecule has 1 atom stereocenters. The lowest BCUT2D eigenvalue weighted by molar-refractivity contribution is -0.384. The Morgan fingerprint density at radius 2 is 1.75 bits per heavy atom. The number of ketones is 1. The lowest BCUT2D eigenvalue weighted by Gasteiger charge is -2.34. The number of nitrogens with one attached hydrogen (secondary N) is 1. The van der Waals surface area contributed by atoms with Crippen molar-refractivity contribution in [2.45, 2.75) is 25.8 Å². The second-order valence-corrected chi connectivity index (χ2v) is 7.71. The normalized spacial score (nSPS) is 15.6. The van der Waals surface area contributed by atoms with E-state index < -0.39 is 11.0 Å². The molecule has 3 rings (SSSR count). The minimum atomic E-state index is -0.525. The number of methoxy groups -OCH3 is 2. The van der Waals surface area contributed by atoms with E-state index in [2.05, 4.69) is 5.32 Å². The molecule has 0 aromatic heterocycles. The molecule has 1 N–H and O–H groups in total. The number of non-ortho nitro benzene ring substituents is 1. The van der Waals surface area contributed by atoms with Crippen LogP contribution in [0.4, 0.5) is 11.4 Å². The van der Waals surface area contributed by atoms with Crippen molar-refractivity contribution in [2.24, 2.45) is 5.92 Å². The molecule has 170 valence electrons. The van der Waals surface area contributed by atoms with Crippen LogP contribution < -0.4 is 14.8 Å². The van der Waals surface area contributed by atoms with Crippen LogP contribution in [-0.2, 0) is 4.79 Å². The van der Waals surface area contributed by atoms with Gasteiger partial charge in [-0.25, -0.2) is 0 Å². The Kier molecular flexibility index (Phi) is 7.42. The van der Waals surface area contributed by atoms with E-state index in [0.29, 0.717) is 43.0 Å². The molecule has 1 fully saturated rings. The number of Topliss-reactive ketones (excluding diaryl/α,β-unsaturated/α-hetero) is 1. The first-order chi connectivity index (χ1) is 15.3. The summed E-state index contributed by atoms with van der Waals surface area (Å²) in [5, 5.41) is 13.8. The highest BCUT2D eigenvalue weighted by atomic mass is 16.6. The molecule has 9 heteroatoms. The monoisotopic (exact) mass is 441 g/mol. The maximum Gasteiger partial charge on any atom is 0.271 e. The largest absolute Gasteiger partial charge is 0.497 e. The van der Waals surface area contributed by atoms with Crippen LogP contribution in [0.5, 0.6) is 11.5 Å². The molecule has 1 unspecified atom stereocenters. The van der Waals surface area contributed by atoms with Crippen LogP contribution in [0.3, 0.4) is 0 Å². The van der Waals surface area contributed by atoms with E-state index in [1.165, 1.54) is 25.3 Å². The van der Waals surface area contributed by atoms with Crippen molar-refractivity contribution in [2.75, 3.05) is 32.6 Å². The number of rotatable bonds is 8. The van der Waals surface area contributed by atoms with Gasteiger partial charge in [0.05, 0.1) is 30.9 Å². The molecule has 0 saturated carbocycles. The van der Waals surface area contributed by atoms with Crippen LogP contribution in [0.2, 0.25) is 0 Å². The van der Waals surface area contributed by atoms with Crippen molar-refractivity contribution in [3.63, 3.8) is 0 Å². The fourth-order valence-corrected chi connectivity index (χ4v) is 3.85. The second-order valence-electron chi connectivity index (χ2n) is 7.71. The predicted molar refractivity (Wildman–Crippen MR) is 119 cm³/mol. The second kappa shape index (κ2) is 10.2. The molecule has 0 spiro atoms. The zero-order chi connectivity index (χ0) is 23.3. The third-order valence-electron chi connectivity index (χ3n) is 5.85. The van der Waals surface area contributed by atoms with Crippen molar-refractivity contribution in [1.29, 1.82) is 0 Å². The first kappa shape index (κ1) is 23.2. The van der Waals surface area contributed by atoms with Crippen LogP contribution in [0.15, 0.2) is 42.5 Å². The standard InChI is InChI=1S/C23H27N3O6/c1-15(23(28)24-20-14-18(26(29)30)6-9-21(20)32-3)25-12-10-17(11-13-25)22(27)16-4-7-19(31-2)8-5-16/h4-9,14-15,17H,10-13H2,1-3H3,(H,24,28). The molecule has 0 radical (unpaired) electrons. The van der Waals surface area contributed by atoms with Crippen molar-refractivity contribution in [1.82, 2.24) is 4.90 Å². The Hall–Kier alpha value is -3.46. The number of nitrogens with zero attached hydrogens (tertiary/aromatic N) is 2. The average Bonchev–Trinajstić information content (AvgIpc) is 2.83. The number of amides is 1. The number of ether oxygens (including phenoxy) is 2. The van der Waals surface area contributed by atoms with Crippen LogP contribution in [-0.4, -0.2) is 54.9 Å². The van der Waals surface area contributed by atoms with E-state index in [1.807, 2.05) is 4.90 Å². The van der Waals surface area contributed by atoms with Gasteiger partial charge in [-0.05, 0) is 63.2 Å². The molecule has 2 aromatic carbocycles. The topological polar surface area (TPSA) is 111 Å². The number of hydrogen-bond acceptors (Lipinski definition) is 7. The van der Waals surface area contributed by atoms with Crippen molar-refractivity contribution in [3.05, 3.63) is 58.1 Å². The highest BCUT2D eigenvalue weighted by Gasteiger charge is 2.30. The minimum Gasteiger partial charge on any atom is -0.497 e. The Labute approximate surface area is 186 Å². The number of carbonyl (C=O) groups is 2. The number of hydrogen-bond donors (Lipinski definition) is 1. The third-order valence-corrected chi connectivity index (χ3v) is 5.85. The summed E-state index contributed by atoms with van der Waals surface area (Å²) in [5.74, 6) is 0.776. The number of benzene rings is 2. The molecule has 32 heavy (non-hydrogen) atoms. The number of piperidine rings is 1. The van der Waals surface area contributed by atoms with Gasteiger partial charge in [0.1, 0.15) is 11.5 Å². The Morgan fingerprint density at radius 3 is 2.31 bits per heavy atom. The lowest BCUT2D eigenvalue weighted by atomic mass is 9.88. The predicted octanol–water partition coefficient (Wildman–Crippen LogP) is 3.53. The molecule has 1 aliphatic rings. The number of likely N-dealkylation sites (tertiary alicyclic amines) is 1. The number of nitro groups is 1. The first-order valence-corrected chi connectivity index (χ1v) is 10.4. The summed E-state index contributed by atoms with van der Waals surface area (Å²) in [5.41, 5.74) is 0.780. The van der Waals surface area contributed by atoms with E-state index in [9.17, 15) is 19.7 Å². The quantitative estimate of drug-likeness (QED) is 0.379. The summed E-state index contributed by atoms with van der Waals surface area (Å²) in [6.45, 7) is 2.99. The number of nitro benzene ring substituents is 1. The Bertz CT molecular complexity index is 984. The summed E-state index contributed by atoms with van der Waals surface area (Å²) in [7, 11) is 3.02. The number of carbonyl (C=O) groups excluding carboxylic acids is 2. The Balaban J connectivity index is 1.59. The number of anilines is 1. The van der Waals surface area contributed by atoms with Crippen LogP contribution >= 0.6 is 0 Å². The maximum atomic E-state index is 12.8. The molecule has 1 heterocycles. The van der Waals surface area contributed by atoms with Gasteiger partial charge in [0, 0.05) is 23.6 Å². The summed E-state index contributed by atoms with van der Waals surface area (Å²) < 4.78 is 10.3. The summed E-state index contributed by atoms with van der Waals surface area (Å²) in [4.78, 5) is 38.1. The Morgan fingerprint density at radius 1 is 1.09 bits per heavy atom. The summed E-state index contributed by atoms with van der Waals surface area (Å²) in [6.07, 6.45) is 1.31. The molecule has 2 aromatic rings. The fourth-order valence-electron chi connectivity index (χ4n) is 3.85. The van der Waals surface area contributed by atoms with Gasteiger partial charge in [-0.15, -0.1) is 0 Å². The van der Waals surface area contributed by atoms with Crippen LogP contribution in [0.25, 0.3) is 0 Å². The highest BCUT2D eigenvalue weighted by molar-refractivity contribution is 5.98. The van der Waals surface area contributed by atoms with E-state index in [1.54, 1.807) is 38.3 Å². The van der Waals surface area contributed by atoms with Gasteiger partial charge in [-0.3, -0.25) is 24.6 Å². The van der Waals surface area contributed by atoms with Gasteiger partial charge >= 0.3 is 0 Å². The van der Waals surface area contributed by atoms with Crippen molar-refractivity contribution in [3.8, 4) is 11.5 Å². The van der Waals surface area contributed by atoms with Gasteiger partial charge in [-0.2, -0.15) is 0 Å². The SMILES string of the molecule is COc1ccc(C(=O)C2CCN(C(C)C(=O)Nc3cc([N+](=O)[O-])ccc3OC)CC2)cc1. The fraction of sp³-hybridized carbons (Fsp3) is 0.391. The molecular weight excluding hydrogens is 414 g/mol.